The Morgan fingerprint density at radius 3 is 2.54 bits per heavy atom. The first-order valence-electron chi connectivity index (χ1n) is 7.35. The minimum atomic E-state index is -4.46. The first kappa shape index (κ1) is 18.5. The standard InChI is InChI=1S/C17H12ClF3N2O2S/c1-7-3-9(17(19,20)21)5-12-13(7)22-16(26-12)23-15(25)11-6-10(18)4-8(2)14(11)24/h3-6,24H,1-2H3,(H,22,23,25). The molecule has 2 N–H and O–H groups in total. The topological polar surface area (TPSA) is 62.2 Å². The Labute approximate surface area is 155 Å². The third kappa shape index (κ3) is 3.47. The molecular formula is C17H12ClF3N2O2S. The van der Waals surface area contributed by atoms with Crippen molar-refractivity contribution < 1.29 is 23.1 Å². The molecule has 0 saturated heterocycles. The minimum Gasteiger partial charge on any atom is -0.507 e. The van der Waals surface area contributed by atoms with Gasteiger partial charge in [-0.2, -0.15) is 13.2 Å². The van der Waals surface area contributed by atoms with Crippen LogP contribution in [0.3, 0.4) is 0 Å². The van der Waals surface area contributed by atoms with Crippen LogP contribution < -0.4 is 5.32 Å². The number of nitrogens with one attached hydrogen (secondary N) is 1. The Kier molecular flexibility index (Phi) is 4.58. The first-order valence-corrected chi connectivity index (χ1v) is 8.54. The van der Waals surface area contributed by atoms with Crippen molar-refractivity contribution in [1.29, 1.82) is 0 Å². The Bertz CT molecular complexity index is 1030. The van der Waals surface area contributed by atoms with E-state index in [9.17, 15) is 23.1 Å². The molecule has 0 saturated carbocycles. The van der Waals surface area contributed by atoms with Gasteiger partial charge in [0.05, 0.1) is 21.3 Å². The summed E-state index contributed by atoms with van der Waals surface area (Å²) in [6, 6.07) is 4.82. The predicted molar refractivity (Wildman–Crippen MR) is 95.2 cm³/mol. The molecule has 0 bridgehead atoms. The molecule has 1 aromatic heterocycles. The largest absolute Gasteiger partial charge is 0.507 e. The molecule has 0 radical (unpaired) electrons. The average Bonchev–Trinajstić information content (AvgIpc) is 2.93. The number of halogens is 4. The number of phenols is 1. The van der Waals surface area contributed by atoms with Gasteiger partial charge in [0.25, 0.3) is 5.91 Å². The number of aryl methyl sites for hydroxylation is 2. The molecule has 4 nitrogen and oxygen atoms in total. The maximum atomic E-state index is 12.9. The second kappa shape index (κ2) is 6.44. The van der Waals surface area contributed by atoms with Crippen molar-refractivity contribution in [1.82, 2.24) is 4.98 Å². The molecule has 0 aliphatic heterocycles. The maximum Gasteiger partial charge on any atom is 0.416 e. The predicted octanol–water partition coefficient (Wildman–Crippen LogP) is 5.54. The van der Waals surface area contributed by atoms with Gasteiger partial charge in [-0.3, -0.25) is 10.1 Å². The highest BCUT2D eigenvalue weighted by atomic mass is 35.5. The number of aromatic hydroxyl groups is 1. The lowest BCUT2D eigenvalue weighted by molar-refractivity contribution is -0.137. The van der Waals surface area contributed by atoms with Crippen LogP contribution in [0.25, 0.3) is 10.2 Å². The molecule has 0 atom stereocenters. The van der Waals surface area contributed by atoms with Crippen LogP contribution in [0.15, 0.2) is 24.3 Å². The second-order valence-electron chi connectivity index (χ2n) is 5.73. The highest BCUT2D eigenvalue weighted by Crippen LogP contribution is 2.36. The van der Waals surface area contributed by atoms with Crippen molar-refractivity contribution in [2.45, 2.75) is 20.0 Å². The van der Waals surface area contributed by atoms with Crippen molar-refractivity contribution in [2.24, 2.45) is 0 Å². The molecule has 9 heteroatoms. The van der Waals surface area contributed by atoms with Gasteiger partial charge in [0.15, 0.2) is 5.13 Å². The summed E-state index contributed by atoms with van der Waals surface area (Å²) in [5, 5.41) is 12.9. The lowest BCUT2D eigenvalue weighted by Gasteiger charge is -2.07. The molecule has 1 amide bonds. The molecule has 0 spiro atoms. The van der Waals surface area contributed by atoms with Crippen molar-refractivity contribution in [2.75, 3.05) is 5.32 Å². The molecule has 0 fully saturated rings. The second-order valence-corrected chi connectivity index (χ2v) is 7.20. The van der Waals surface area contributed by atoms with Gasteiger partial charge in [-0.05, 0) is 49.2 Å². The molecule has 3 rings (SSSR count). The summed E-state index contributed by atoms with van der Waals surface area (Å²) in [5.41, 5.74) is 0.351. The van der Waals surface area contributed by atoms with E-state index in [0.717, 1.165) is 23.5 Å². The van der Waals surface area contributed by atoms with Crippen LogP contribution in [0, 0.1) is 13.8 Å². The van der Waals surface area contributed by atoms with Crippen molar-refractivity contribution in [3.8, 4) is 5.75 Å². The van der Waals surface area contributed by atoms with Crippen molar-refractivity contribution in [3.63, 3.8) is 0 Å². The number of anilines is 1. The minimum absolute atomic E-state index is 0.0399. The number of alkyl halides is 3. The molecule has 0 unspecified atom stereocenters. The number of fused-ring (bicyclic) bond motifs is 1. The fraction of sp³-hybridized carbons (Fsp3) is 0.176. The molecule has 136 valence electrons. The summed E-state index contributed by atoms with van der Waals surface area (Å²) in [5.74, 6) is -0.871. The summed E-state index contributed by atoms with van der Waals surface area (Å²) < 4.78 is 39.1. The fourth-order valence-electron chi connectivity index (χ4n) is 2.49. The van der Waals surface area contributed by atoms with E-state index in [4.69, 9.17) is 11.6 Å². The van der Waals surface area contributed by atoms with E-state index in [1.165, 1.54) is 19.1 Å². The SMILES string of the molecule is Cc1cc(Cl)cc(C(=O)Nc2nc3c(C)cc(C(F)(F)F)cc3s2)c1O. The van der Waals surface area contributed by atoms with Gasteiger partial charge >= 0.3 is 6.18 Å². The average molecular weight is 401 g/mol. The van der Waals surface area contributed by atoms with Crippen LogP contribution in [0.1, 0.15) is 27.0 Å². The molecule has 3 aromatic rings. The quantitative estimate of drug-likeness (QED) is 0.593. The number of carbonyl (C=O) groups is 1. The Hall–Kier alpha value is -2.32. The van der Waals surface area contributed by atoms with E-state index in [2.05, 4.69) is 10.3 Å². The summed E-state index contributed by atoms with van der Waals surface area (Å²) >= 11 is 6.82. The molecule has 26 heavy (non-hydrogen) atoms. The Morgan fingerprint density at radius 2 is 1.88 bits per heavy atom. The van der Waals surface area contributed by atoms with Crippen molar-refractivity contribution >= 4 is 44.2 Å². The zero-order chi connectivity index (χ0) is 19.2. The summed E-state index contributed by atoms with van der Waals surface area (Å²) in [4.78, 5) is 16.6. The summed E-state index contributed by atoms with van der Waals surface area (Å²) in [6.07, 6.45) is -4.46. The highest BCUT2D eigenvalue weighted by molar-refractivity contribution is 7.22. The van der Waals surface area contributed by atoms with Crippen LogP contribution in [0.2, 0.25) is 5.02 Å². The molecule has 0 aliphatic carbocycles. The Balaban J connectivity index is 1.97. The number of carbonyl (C=O) groups excluding carboxylic acids is 1. The number of amides is 1. The van der Waals surface area contributed by atoms with Gasteiger partial charge in [0, 0.05) is 5.02 Å². The lowest BCUT2D eigenvalue weighted by Crippen LogP contribution is -2.12. The van der Waals surface area contributed by atoms with Gasteiger partial charge in [0.1, 0.15) is 5.75 Å². The number of phenolic OH excluding ortho intramolecular Hbond substituents is 1. The number of hydrogen-bond donors (Lipinski definition) is 2. The van der Waals surface area contributed by atoms with Crippen LogP contribution in [0.4, 0.5) is 18.3 Å². The highest BCUT2D eigenvalue weighted by Gasteiger charge is 2.31. The molecule has 1 heterocycles. The van der Waals surface area contributed by atoms with Gasteiger partial charge in [-0.15, -0.1) is 0 Å². The number of rotatable bonds is 2. The third-order valence-electron chi connectivity index (χ3n) is 3.74. The van der Waals surface area contributed by atoms with E-state index < -0.39 is 17.6 Å². The van der Waals surface area contributed by atoms with E-state index in [1.807, 2.05) is 0 Å². The summed E-state index contributed by atoms with van der Waals surface area (Å²) in [6.45, 7) is 3.12. The normalized spacial score (nSPS) is 11.8. The van der Waals surface area contributed by atoms with E-state index in [-0.39, 0.29) is 21.5 Å². The van der Waals surface area contributed by atoms with Gasteiger partial charge in [-0.25, -0.2) is 4.98 Å². The monoisotopic (exact) mass is 400 g/mol. The fourth-order valence-corrected chi connectivity index (χ4v) is 3.74. The van der Waals surface area contributed by atoms with E-state index in [1.54, 1.807) is 6.92 Å². The van der Waals surface area contributed by atoms with E-state index in [0.29, 0.717) is 21.3 Å². The number of nitrogens with zero attached hydrogens (tertiary/aromatic N) is 1. The molecule has 2 aromatic carbocycles. The number of aromatic nitrogens is 1. The van der Waals surface area contributed by atoms with Crippen LogP contribution in [0.5, 0.6) is 5.75 Å². The van der Waals surface area contributed by atoms with Crippen LogP contribution in [-0.4, -0.2) is 16.0 Å². The van der Waals surface area contributed by atoms with Crippen LogP contribution in [-0.2, 0) is 6.18 Å². The zero-order valence-electron chi connectivity index (χ0n) is 13.5. The molecular weight excluding hydrogens is 389 g/mol. The zero-order valence-corrected chi connectivity index (χ0v) is 15.1. The van der Waals surface area contributed by atoms with Gasteiger partial charge in [0.2, 0.25) is 0 Å². The van der Waals surface area contributed by atoms with Crippen molar-refractivity contribution in [3.05, 3.63) is 51.5 Å². The van der Waals surface area contributed by atoms with Gasteiger partial charge in [-0.1, -0.05) is 22.9 Å². The number of benzene rings is 2. The van der Waals surface area contributed by atoms with Crippen LogP contribution >= 0.6 is 22.9 Å². The van der Waals surface area contributed by atoms with E-state index >= 15 is 0 Å². The number of hydrogen-bond acceptors (Lipinski definition) is 4. The smallest absolute Gasteiger partial charge is 0.416 e. The lowest BCUT2D eigenvalue weighted by atomic mass is 10.1. The first-order chi connectivity index (χ1) is 12.1. The van der Waals surface area contributed by atoms with Gasteiger partial charge < -0.3 is 5.11 Å². The maximum absolute atomic E-state index is 12.9. The molecule has 0 aliphatic rings. The third-order valence-corrected chi connectivity index (χ3v) is 4.88. The Morgan fingerprint density at radius 1 is 1.19 bits per heavy atom. The number of thiazole rings is 1. The summed E-state index contributed by atoms with van der Waals surface area (Å²) in [7, 11) is 0.